The van der Waals surface area contributed by atoms with Crippen molar-refractivity contribution in [1.82, 2.24) is 19.1 Å². The Labute approximate surface area is 109 Å². The highest BCUT2D eigenvalue weighted by atomic mass is 16.3. The number of hydrogen-bond acceptors (Lipinski definition) is 4. The van der Waals surface area contributed by atoms with Crippen LogP contribution >= 0.6 is 0 Å². The second-order valence-corrected chi connectivity index (χ2v) is 5.32. The van der Waals surface area contributed by atoms with Crippen LogP contribution < -0.4 is 11.2 Å². The van der Waals surface area contributed by atoms with E-state index >= 15 is 0 Å². The summed E-state index contributed by atoms with van der Waals surface area (Å²) in [6.45, 7) is 3.68. The highest BCUT2D eigenvalue weighted by molar-refractivity contribution is 5.68. The van der Waals surface area contributed by atoms with Gasteiger partial charge in [0.25, 0.3) is 5.56 Å². The molecule has 7 heteroatoms. The zero-order valence-electron chi connectivity index (χ0n) is 11.3. The Morgan fingerprint density at radius 2 is 2.11 bits per heavy atom. The predicted molar refractivity (Wildman–Crippen MR) is 71.1 cm³/mol. The monoisotopic (exact) mass is 266 g/mol. The van der Waals surface area contributed by atoms with Gasteiger partial charge in [0.05, 0.1) is 11.9 Å². The van der Waals surface area contributed by atoms with Crippen LogP contribution in [-0.4, -0.2) is 29.8 Å². The highest BCUT2D eigenvalue weighted by Crippen LogP contribution is 2.10. The largest absolute Gasteiger partial charge is 0.390 e. The van der Waals surface area contributed by atoms with Gasteiger partial charge in [0.15, 0.2) is 5.65 Å². The molecule has 0 fully saturated rings. The van der Waals surface area contributed by atoms with E-state index in [9.17, 15) is 14.7 Å². The molecular weight excluding hydrogens is 248 g/mol. The van der Waals surface area contributed by atoms with Crippen molar-refractivity contribution in [2.24, 2.45) is 7.05 Å². The molecule has 2 rings (SSSR count). The van der Waals surface area contributed by atoms with E-state index in [1.807, 2.05) is 0 Å². The molecular formula is C12H18N4O3. The number of H-pyrrole nitrogens is 1. The summed E-state index contributed by atoms with van der Waals surface area (Å²) in [5.74, 6) is 0. The molecule has 0 aliphatic heterocycles. The number of nitrogens with one attached hydrogen (secondary N) is 1. The number of fused-ring (bicyclic) bond motifs is 1. The first kappa shape index (κ1) is 13.5. The van der Waals surface area contributed by atoms with Gasteiger partial charge in [-0.25, -0.2) is 9.78 Å². The summed E-state index contributed by atoms with van der Waals surface area (Å²) < 4.78 is 2.52. The minimum atomic E-state index is -0.799. The Kier molecular flexibility index (Phi) is 3.32. The molecule has 0 unspecified atom stereocenters. The van der Waals surface area contributed by atoms with Crippen LogP contribution in [0.2, 0.25) is 0 Å². The zero-order chi connectivity index (χ0) is 14.2. The van der Waals surface area contributed by atoms with E-state index in [0.29, 0.717) is 24.0 Å². The van der Waals surface area contributed by atoms with E-state index in [-0.39, 0.29) is 17.8 Å². The van der Waals surface area contributed by atoms with Gasteiger partial charge < -0.3 is 10.1 Å². The molecule has 0 amide bonds. The van der Waals surface area contributed by atoms with E-state index in [2.05, 4.69) is 9.97 Å². The summed E-state index contributed by atoms with van der Waals surface area (Å²) >= 11 is 0. The SMILES string of the molecule is Cn1c(=O)n(CCCC(C)(C)O)c(=O)c2[nH]cnc21. The summed E-state index contributed by atoms with van der Waals surface area (Å²) in [4.78, 5) is 30.9. The molecule has 0 atom stereocenters. The van der Waals surface area contributed by atoms with Gasteiger partial charge >= 0.3 is 5.69 Å². The van der Waals surface area contributed by atoms with Crippen molar-refractivity contribution < 1.29 is 5.11 Å². The number of aryl methyl sites for hydroxylation is 1. The second-order valence-electron chi connectivity index (χ2n) is 5.32. The summed E-state index contributed by atoms with van der Waals surface area (Å²) in [6, 6.07) is 0. The van der Waals surface area contributed by atoms with E-state index in [0.717, 1.165) is 0 Å². The van der Waals surface area contributed by atoms with Crippen LogP contribution in [0.15, 0.2) is 15.9 Å². The van der Waals surface area contributed by atoms with Gasteiger partial charge in [-0.3, -0.25) is 13.9 Å². The number of aromatic nitrogens is 4. The van der Waals surface area contributed by atoms with Gasteiger partial charge in [-0.05, 0) is 26.7 Å². The molecule has 2 aromatic rings. The standard InChI is InChI=1S/C12H18N4O3/c1-12(2,19)5-4-6-16-10(17)8-9(14-7-13-8)15(3)11(16)18/h7,19H,4-6H2,1-3H3,(H,13,14). The lowest BCUT2D eigenvalue weighted by Crippen LogP contribution is -2.39. The molecule has 0 saturated heterocycles. The molecule has 2 heterocycles. The molecule has 7 nitrogen and oxygen atoms in total. The predicted octanol–water partition coefficient (Wildman–Crippen LogP) is -0.0256. The first-order valence-corrected chi connectivity index (χ1v) is 6.16. The fraction of sp³-hybridized carbons (Fsp3) is 0.583. The van der Waals surface area contributed by atoms with Crippen LogP contribution in [-0.2, 0) is 13.6 Å². The molecule has 0 saturated carbocycles. The van der Waals surface area contributed by atoms with Crippen molar-refractivity contribution in [2.45, 2.75) is 38.8 Å². The maximum Gasteiger partial charge on any atom is 0.332 e. The number of hydrogen-bond donors (Lipinski definition) is 2. The zero-order valence-corrected chi connectivity index (χ0v) is 11.3. The Morgan fingerprint density at radius 1 is 1.42 bits per heavy atom. The maximum atomic E-state index is 12.1. The fourth-order valence-corrected chi connectivity index (χ4v) is 2.06. The third-order valence-corrected chi connectivity index (χ3v) is 3.08. The van der Waals surface area contributed by atoms with E-state index in [1.54, 1.807) is 20.9 Å². The normalized spacial score (nSPS) is 12.2. The third kappa shape index (κ3) is 2.60. The van der Waals surface area contributed by atoms with E-state index in [4.69, 9.17) is 0 Å². The van der Waals surface area contributed by atoms with Crippen LogP contribution in [0.4, 0.5) is 0 Å². The molecule has 2 N–H and O–H groups in total. The molecule has 0 bridgehead atoms. The molecule has 0 aliphatic carbocycles. The lowest BCUT2D eigenvalue weighted by atomic mass is 10.0. The highest BCUT2D eigenvalue weighted by Gasteiger charge is 2.15. The summed E-state index contributed by atoms with van der Waals surface area (Å²) in [5.41, 5.74) is -0.877. The maximum absolute atomic E-state index is 12.1. The van der Waals surface area contributed by atoms with Crippen LogP contribution in [0.3, 0.4) is 0 Å². The minimum Gasteiger partial charge on any atom is -0.390 e. The molecule has 0 aromatic carbocycles. The Hall–Kier alpha value is -1.89. The van der Waals surface area contributed by atoms with E-state index < -0.39 is 5.60 Å². The number of nitrogens with zero attached hydrogens (tertiary/aromatic N) is 3. The van der Waals surface area contributed by atoms with Gasteiger partial charge in [-0.2, -0.15) is 0 Å². The van der Waals surface area contributed by atoms with Crippen molar-refractivity contribution in [3.8, 4) is 0 Å². The second kappa shape index (κ2) is 4.65. The first-order chi connectivity index (χ1) is 8.81. The Bertz CT molecular complexity index is 702. The molecule has 2 aromatic heterocycles. The lowest BCUT2D eigenvalue weighted by molar-refractivity contribution is 0.0673. The molecule has 0 radical (unpaired) electrons. The summed E-state index contributed by atoms with van der Waals surface area (Å²) in [6.07, 6.45) is 2.47. The lowest BCUT2D eigenvalue weighted by Gasteiger charge is -2.16. The number of rotatable bonds is 4. The smallest absolute Gasteiger partial charge is 0.332 e. The number of aromatic amines is 1. The van der Waals surface area contributed by atoms with Crippen molar-refractivity contribution in [2.75, 3.05) is 0 Å². The molecule has 0 aliphatic rings. The minimum absolute atomic E-state index is 0.282. The fourth-order valence-electron chi connectivity index (χ4n) is 2.06. The average Bonchev–Trinajstić information content (AvgIpc) is 2.78. The van der Waals surface area contributed by atoms with E-state index in [1.165, 1.54) is 15.5 Å². The van der Waals surface area contributed by atoms with Crippen molar-refractivity contribution in [1.29, 1.82) is 0 Å². The van der Waals surface area contributed by atoms with Crippen molar-refractivity contribution in [3.63, 3.8) is 0 Å². The van der Waals surface area contributed by atoms with Gasteiger partial charge in [-0.1, -0.05) is 0 Å². The third-order valence-electron chi connectivity index (χ3n) is 3.08. The average molecular weight is 266 g/mol. The van der Waals surface area contributed by atoms with Gasteiger partial charge in [0.2, 0.25) is 0 Å². The Morgan fingerprint density at radius 3 is 2.74 bits per heavy atom. The van der Waals surface area contributed by atoms with Crippen molar-refractivity contribution >= 4 is 11.2 Å². The van der Waals surface area contributed by atoms with Crippen molar-refractivity contribution in [3.05, 3.63) is 27.2 Å². The van der Waals surface area contributed by atoms with Gasteiger partial charge in [0.1, 0.15) is 5.52 Å². The summed E-state index contributed by atoms with van der Waals surface area (Å²) in [7, 11) is 1.58. The quantitative estimate of drug-likeness (QED) is 0.813. The van der Waals surface area contributed by atoms with Crippen LogP contribution in [0.25, 0.3) is 11.2 Å². The first-order valence-electron chi connectivity index (χ1n) is 6.16. The molecule has 0 spiro atoms. The van der Waals surface area contributed by atoms with Gasteiger partial charge in [0, 0.05) is 13.6 Å². The number of imidazole rings is 1. The van der Waals surface area contributed by atoms with Crippen LogP contribution in [0.5, 0.6) is 0 Å². The van der Waals surface area contributed by atoms with Gasteiger partial charge in [-0.15, -0.1) is 0 Å². The topological polar surface area (TPSA) is 92.9 Å². The molecule has 19 heavy (non-hydrogen) atoms. The van der Waals surface area contributed by atoms with Crippen LogP contribution in [0.1, 0.15) is 26.7 Å². The van der Waals surface area contributed by atoms with Crippen LogP contribution in [0, 0.1) is 0 Å². The molecule has 104 valence electrons. The summed E-state index contributed by atoms with van der Waals surface area (Å²) in [5, 5.41) is 9.64. The Balaban J connectivity index is 2.38. The number of aliphatic hydroxyl groups is 1.